The predicted octanol–water partition coefficient (Wildman–Crippen LogP) is 3.31. The molecule has 26 heavy (non-hydrogen) atoms. The van der Waals surface area contributed by atoms with Gasteiger partial charge in [0.2, 0.25) is 5.91 Å². The number of ketones is 2. The van der Waals surface area contributed by atoms with Crippen molar-refractivity contribution in [3.8, 4) is 0 Å². The van der Waals surface area contributed by atoms with Crippen molar-refractivity contribution in [2.45, 2.75) is 19.3 Å². The largest absolute Gasteiger partial charge is 0.481 e. The maximum Gasteiger partial charge on any atom is 0.303 e. The fraction of sp³-hybridized carbons (Fsp3) is 0.158. The fourth-order valence-electron chi connectivity index (χ4n) is 2.83. The third kappa shape index (κ3) is 3.36. The molecule has 2 aromatic carbocycles. The second-order valence-electron chi connectivity index (χ2n) is 5.88. The highest BCUT2D eigenvalue weighted by molar-refractivity contribution is 6.36. The number of carbonyl (C=O) groups is 4. The van der Waals surface area contributed by atoms with E-state index in [1.54, 1.807) is 24.3 Å². The van der Waals surface area contributed by atoms with Crippen LogP contribution in [-0.2, 0) is 9.59 Å². The molecule has 0 aliphatic heterocycles. The molecule has 0 saturated carbocycles. The van der Waals surface area contributed by atoms with E-state index in [9.17, 15) is 19.2 Å². The van der Waals surface area contributed by atoms with Gasteiger partial charge in [-0.25, -0.2) is 0 Å². The number of anilines is 1. The van der Waals surface area contributed by atoms with Crippen LogP contribution in [0.25, 0.3) is 0 Å². The number of carboxylic acid groups (broad SMARTS) is 1. The summed E-state index contributed by atoms with van der Waals surface area (Å²) in [5.74, 6) is -2.00. The van der Waals surface area contributed by atoms with E-state index >= 15 is 0 Å². The van der Waals surface area contributed by atoms with Gasteiger partial charge in [-0.05, 0) is 18.6 Å². The number of nitrogens with one attached hydrogen (secondary N) is 1. The smallest absolute Gasteiger partial charge is 0.303 e. The zero-order chi connectivity index (χ0) is 18.8. The molecule has 0 spiro atoms. The Hall–Kier alpha value is -2.99. The topological polar surface area (TPSA) is 101 Å². The van der Waals surface area contributed by atoms with Gasteiger partial charge >= 0.3 is 5.97 Å². The van der Waals surface area contributed by atoms with Crippen molar-refractivity contribution >= 4 is 40.7 Å². The number of halogens is 1. The molecule has 7 heteroatoms. The highest BCUT2D eigenvalue weighted by Gasteiger charge is 2.30. The monoisotopic (exact) mass is 371 g/mol. The number of benzene rings is 2. The molecule has 2 N–H and O–H groups in total. The summed E-state index contributed by atoms with van der Waals surface area (Å²) in [6.07, 6.45) is 0.0824. The van der Waals surface area contributed by atoms with Gasteiger partial charge in [0.15, 0.2) is 11.6 Å². The van der Waals surface area contributed by atoms with E-state index in [1.165, 1.54) is 12.1 Å². The van der Waals surface area contributed by atoms with Crippen LogP contribution >= 0.6 is 11.6 Å². The molecule has 0 bridgehead atoms. The van der Waals surface area contributed by atoms with Gasteiger partial charge in [-0.1, -0.05) is 35.9 Å². The fourth-order valence-corrected chi connectivity index (χ4v) is 3.04. The van der Waals surface area contributed by atoms with Crippen LogP contribution in [0.5, 0.6) is 0 Å². The molecule has 6 nitrogen and oxygen atoms in total. The second-order valence-corrected chi connectivity index (χ2v) is 6.28. The first kappa shape index (κ1) is 17.8. The van der Waals surface area contributed by atoms with Gasteiger partial charge in [-0.15, -0.1) is 0 Å². The highest BCUT2D eigenvalue weighted by atomic mass is 35.5. The predicted molar refractivity (Wildman–Crippen MR) is 94.9 cm³/mol. The lowest BCUT2D eigenvalue weighted by Crippen LogP contribution is -2.21. The van der Waals surface area contributed by atoms with Gasteiger partial charge in [0.1, 0.15) is 0 Å². The van der Waals surface area contributed by atoms with Crippen LogP contribution in [0.2, 0.25) is 5.02 Å². The number of aliphatic carboxylic acids is 1. The number of hydrogen-bond donors (Lipinski definition) is 2. The molecule has 3 rings (SSSR count). The summed E-state index contributed by atoms with van der Waals surface area (Å²) < 4.78 is 0. The van der Waals surface area contributed by atoms with E-state index in [1.807, 2.05) is 0 Å². The van der Waals surface area contributed by atoms with Crippen molar-refractivity contribution in [3.63, 3.8) is 0 Å². The Morgan fingerprint density at radius 1 is 0.923 bits per heavy atom. The Morgan fingerprint density at radius 3 is 2.08 bits per heavy atom. The molecule has 2 aromatic rings. The van der Waals surface area contributed by atoms with Crippen molar-refractivity contribution in [1.29, 1.82) is 0 Å². The van der Waals surface area contributed by atoms with Crippen LogP contribution in [0.4, 0.5) is 5.69 Å². The molecular weight excluding hydrogens is 358 g/mol. The molecule has 0 unspecified atom stereocenters. The average molecular weight is 372 g/mol. The highest BCUT2D eigenvalue weighted by Crippen LogP contribution is 2.33. The minimum absolute atomic E-state index is 0.00935. The van der Waals surface area contributed by atoms with E-state index in [-0.39, 0.29) is 52.7 Å². The van der Waals surface area contributed by atoms with Crippen LogP contribution < -0.4 is 5.32 Å². The van der Waals surface area contributed by atoms with Crippen molar-refractivity contribution in [2.75, 3.05) is 5.32 Å². The molecule has 0 heterocycles. The molecule has 132 valence electrons. The molecule has 0 saturated heterocycles. The minimum atomic E-state index is -0.979. The normalized spacial score (nSPS) is 12.3. The van der Waals surface area contributed by atoms with E-state index in [2.05, 4.69) is 5.32 Å². The number of carbonyl (C=O) groups excluding carboxylic acids is 3. The Bertz CT molecular complexity index is 951. The Morgan fingerprint density at radius 2 is 1.50 bits per heavy atom. The van der Waals surface area contributed by atoms with E-state index < -0.39 is 11.9 Å². The Kier molecular flexibility index (Phi) is 4.86. The first-order valence-electron chi connectivity index (χ1n) is 7.92. The van der Waals surface area contributed by atoms with Crippen LogP contribution in [0.15, 0.2) is 36.4 Å². The van der Waals surface area contributed by atoms with E-state index in [0.29, 0.717) is 11.1 Å². The van der Waals surface area contributed by atoms with Crippen molar-refractivity contribution < 1.29 is 24.3 Å². The van der Waals surface area contributed by atoms with E-state index in [4.69, 9.17) is 16.7 Å². The van der Waals surface area contributed by atoms with Crippen LogP contribution in [0.1, 0.15) is 51.1 Å². The SMILES string of the molecule is O=C(O)CCCC(=O)Nc1cc2c(cc1Cl)C(=O)c1ccccc1C2=O. The summed E-state index contributed by atoms with van der Waals surface area (Å²) in [7, 11) is 0. The van der Waals surface area contributed by atoms with Crippen LogP contribution in [0.3, 0.4) is 0 Å². The zero-order valence-electron chi connectivity index (χ0n) is 13.5. The number of rotatable bonds is 5. The van der Waals surface area contributed by atoms with Gasteiger partial charge in [0.05, 0.1) is 10.7 Å². The molecule has 1 amide bonds. The van der Waals surface area contributed by atoms with Crippen molar-refractivity contribution in [2.24, 2.45) is 0 Å². The molecule has 0 radical (unpaired) electrons. The molecule has 0 fully saturated rings. The van der Waals surface area contributed by atoms with Crippen LogP contribution in [0, 0.1) is 0 Å². The second kappa shape index (κ2) is 7.09. The minimum Gasteiger partial charge on any atom is -0.481 e. The molecule has 1 aliphatic carbocycles. The number of carboxylic acids is 1. The van der Waals surface area contributed by atoms with Crippen molar-refractivity contribution in [1.82, 2.24) is 0 Å². The maximum atomic E-state index is 12.7. The molecule has 1 aliphatic rings. The quantitative estimate of drug-likeness (QED) is 0.716. The summed E-state index contributed by atoms with van der Waals surface area (Å²) in [5, 5.41) is 11.3. The summed E-state index contributed by atoms with van der Waals surface area (Å²) in [4.78, 5) is 47.7. The Balaban J connectivity index is 1.88. The molecular formula is C19H14ClNO5. The third-order valence-corrected chi connectivity index (χ3v) is 4.39. The lowest BCUT2D eigenvalue weighted by Gasteiger charge is -2.19. The average Bonchev–Trinajstić information content (AvgIpc) is 2.60. The number of fused-ring (bicyclic) bond motifs is 2. The van der Waals surface area contributed by atoms with Gasteiger partial charge in [-0.3, -0.25) is 19.2 Å². The summed E-state index contributed by atoms with van der Waals surface area (Å²) >= 11 is 6.16. The maximum absolute atomic E-state index is 12.7. The Labute approximate surface area is 153 Å². The number of amides is 1. The number of hydrogen-bond acceptors (Lipinski definition) is 4. The lowest BCUT2D eigenvalue weighted by molar-refractivity contribution is -0.137. The summed E-state index contributed by atoms with van der Waals surface area (Å²) in [6, 6.07) is 9.29. The molecule has 0 aromatic heterocycles. The van der Waals surface area contributed by atoms with Crippen molar-refractivity contribution in [3.05, 3.63) is 63.7 Å². The standard InChI is InChI=1S/C19H14ClNO5/c20-14-8-12-13(9-15(14)21-16(22)6-3-7-17(23)24)19(26)11-5-2-1-4-10(11)18(12)25/h1-2,4-5,8-9H,3,6-7H2,(H,21,22)(H,23,24). The van der Waals surface area contributed by atoms with Gasteiger partial charge < -0.3 is 10.4 Å². The molecule has 0 atom stereocenters. The lowest BCUT2D eigenvalue weighted by atomic mass is 9.84. The zero-order valence-corrected chi connectivity index (χ0v) is 14.3. The van der Waals surface area contributed by atoms with E-state index in [0.717, 1.165) is 0 Å². The summed E-state index contributed by atoms with van der Waals surface area (Å²) in [6.45, 7) is 0. The van der Waals surface area contributed by atoms with Gasteiger partial charge in [0.25, 0.3) is 0 Å². The summed E-state index contributed by atoms with van der Waals surface area (Å²) in [5.41, 5.74) is 1.23. The first-order valence-corrected chi connectivity index (χ1v) is 8.30. The van der Waals surface area contributed by atoms with Gasteiger partial charge in [-0.2, -0.15) is 0 Å². The third-order valence-electron chi connectivity index (χ3n) is 4.08. The first-order chi connectivity index (χ1) is 12.4. The van der Waals surface area contributed by atoms with Crippen LogP contribution in [-0.4, -0.2) is 28.5 Å². The van der Waals surface area contributed by atoms with Gasteiger partial charge in [0, 0.05) is 35.1 Å².